The van der Waals surface area contributed by atoms with Crippen LogP contribution in [0.1, 0.15) is 6.92 Å². The molecule has 0 radical (unpaired) electrons. The summed E-state index contributed by atoms with van der Waals surface area (Å²) in [4.78, 5) is 0. The molecule has 0 aromatic carbocycles. The van der Waals surface area contributed by atoms with E-state index >= 15 is 0 Å². The average molecular weight is 643 g/mol. The fourth-order valence-corrected chi connectivity index (χ4v) is 3.60. The van der Waals surface area contributed by atoms with Crippen molar-refractivity contribution in [1.29, 1.82) is 0 Å². The van der Waals surface area contributed by atoms with Crippen molar-refractivity contribution in [2.75, 3.05) is 6.54 Å². The van der Waals surface area contributed by atoms with Gasteiger partial charge in [0.15, 0.2) is 0 Å². The van der Waals surface area contributed by atoms with Gasteiger partial charge in [-0.15, -0.1) is 4.31 Å². The number of hydrogen-bond donors (Lipinski definition) is 1. The number of aliphatic hydroxyl groups is 1. The summed E-state index contributed by atoms with van der Waals surface area (Å²) in [7, 11) is -8.74. The summed E-state index contributed by atoms with van der Waals surface area (Å²) in [5, 5.41) is -0.620. The molecule has 0 atom stereocenters. The first-order chi connectivity index (χ1) is 15.9. The molecule has 0 unspecified atom stereocenters. The lowest BCUT2D eigenvalue weighted by atomic mass is 9.91. The van der Waals surface area contributed by atoms with Crippen LogP contribution in [0.4, 0.5) is 92.2 Å². The second-order valence-corrected chi connectivity index (χ2v) is 8.62. The van der Waals surface area contributed by atoms with Crippen LogP contribution in [-0.2, 0) is 10.0 Å². The van der Waals surface area contributed by atoms with Crippen LogP contribution in [0.2, 0.25) is 0 Å². The van der Waals surface area contributed by atoms with Gasteiger partial charge in [-0.2, -0.15) is 92.2 Å². The van der Waals surface area contributed by atoms with Crippen LogP contribution < -0.4 is 0 Å². The summed E-state index contributed by atoms with van der Waals surface area (Å²) in [6.45, 7) is -2.95. The van der Waals surface area contributed by atoms with Crippen LogP contribution in [0, 0.1) is 0 Å². The zero-order valence-electron chi connectivity index (χ0n) is 16.8. The Balaban J connectivity index is 7.28. The van der Waals surface area contributed by atoms with Crippen molar-refractivity contribution < 1.29 is 106 Å². The third kappa shape index (κ3) is 4.40. The van der Waals surface area contributed by atoms with Crippen molar-refractivity contribution in [2.45, 2.75) is 66.0 Å². The molecule has 0 saturated heterocycles. The molecular weight excluding hydrogens is 637 g/mol. The molecule has 0 saturated carbocycles. The van der Waals surface area contributed by atoms with Gasteiger partial charge in [0.1, 0.15) is 0 Å². The second kappa shape index (κ2) is 8.95. The first-order valence-corrected chi connectivity index (χ1v) is 9.60. The van der Waals surface area contributed by atoms with Gasteiger partial charge in [-0.3, -0.25) is 0 Å². The van der Waals surface area contributed by atoms with Gasteiger partial charge < -0.3 is 5.11 Å². The molecule has 0 fully saturated rings. The van der Waals surface area contributed by atoms with Crippen LogP contribution in [0.15, 0.2) is 0 Å². The maximum absolute atomic E-state index is 13.9. The predicted molar refractivity (Wildman–Crippen MR) is 74.1 cm³/mol. The Morgan fingerprint density at radius 3 is 1.03 bits per heavy atom. The minimum absolute atomic E-state index is 0.272. The van der Waals surface area contributed by atoms with Gasteiger partial charge >= 0.3 is 59.1 Å². The maximum Gasteiger partial charge on any atom is 0.460 e. The third-order valence-electron chi connectivity index (χ3n) is 4.27. The molecule has 0 aliphatic carbocycles. The Morgan fingerprint density at radius 1 is 0.526 bits per heavy atom. The van der Waals surface area contributed by atoms with Gasteiger partial charge in [-0.05, 0) is 0 Å². The Hall–Kier alpha value is -1.60. The van der Waals surface area contributed by atoms with Gasteiger partial charge in [0.25, 0.3) is 10.0 Å². The third-order valence-corrected chi connectivity index (χ3v) is 6.24. The predicted octanol–water partition coefficient (Wildman–Crippen LogP) is 5.78. The van der Waals surface area contributed by atoms with Gasteiger partial charge in [-0.25, -0.2) is 8.42 Å². The molecule has 38 heavy (non-hydrogen) atoms. The van der Waals surface area contributed by atoms with E-state index in [4.69, 9.17) is 5.11 Å². The van der Waals surface area contributed by atoms with E-state index < -0.39 is 80.0 Å². The quantitative estimate of drug-likeness (QED) is 0.230. The van der Waals surface area contributed by atoms with E-state index in [-0.39, 0.29) is 6.92 Å². The SMILES string of the molecule is CCN(C(F)(F)C(O)(F)F)S(=O)(=O)C(F)(F)C(F)(F)C(F)(F)C(F)(F)C(F)(F)C(F)(F)C(F)(F)C(F)(F)F. The molecule has 26 heteroatoms. The van der Waals surface area contributed by atoms with E-state index in [1.54, 1.807) is 0 Å². The average Bonchev–Trinajstić information content (AvgIpc) is 2.64. The molecule has 4 nitrogen and oxygen atoms in total. The van der Waals surface area contributed by atoms with Crippen molar-refractivity contribution >= 4 is 10.0 Å². The summed E-state index contributed by atoms with van der Waals surface area (Å²) in [6.07, 6.45) is -14.9. The zero-order valence-corrected chi connectivity index (χ0v) is 17.6. The minimum atomic E-state index is -9.24. The summed E-state index contributed by atoms with van der Waals surface area (Å²) in [5.74, 6) is -54.0. The highest BCUT2D eigenvalue weighted by atomic mass is 32.2. The molecule has 0 amide bonds. The molecule has 0 bridgehead atoms. The maximum atomic E-state index is 13.9. The molecule has 1 N–H and O–H groups in total. The molecule has 0 aromatic rings. The van der Waals surface area contributed by atoms with E-state index in [0.717, 1.165) is 0 Å². The fourth-order valence-electron chi connectivity index (χ4n) is 2.12. The van der Waals surface area contributed by atoms with Crippen LogP contribution in [0.25, 0.3) is 0 Å². The van der Waals surface area contributed by atoms with Crippen molar-refractivity contribution in [3.8, 4) is 0 Å². The smallest absolute Gasteiger partial charge is 0.330 e. The normalized spacial score (nSPS) is 16.8. The summed E-state index contributed by atoms with van der Waals surface area (Å²) < 4.78 is 295. The van der Waals surface area contributed by atoms with Gasteiger partial charge in [-0.1, -0.05) is 6.92 Å². The largest absolute Gasteiger partial charge is 0.460 e. The number of hydrogen-bond acceptors (Lipinski definition) is 3. The highest BCUT2D eigenvalue weighted by Gasteiger charge is 2.96. The Morgan fingerprint density at radius 2 is 0.789 bits per heavy atom. The number of rotatable bonds is 11. The van der Waals surface area contributed by atoms with Crippen LogP contribution in [0.5, 0.6) is 0 Å². The van der Waals surface area contributed by atoms with E-state index in [0.29, 0.717) is 0 Å². The van der Waals surface area contributed by atoms with E-state index in [9.17, 15) is 101 Å². The summed E-state index contributed by atoms with van der Waals surface area (Å²) in [5.41, 5.74) is 0. The Labute approximate surface area is 194 Å². The Kier molecular flexibility index (Phi) is 8.58. The highest BCUT2D eigenvalue weighted by molar-refractivity contribution is 7.90. The zero-order chi connectivity index (χ0) is 31.8. The van der Waals surface area contributed by atoms with Gasteiger partial charge in [0.2, 0.25) is 0 Å². The lowest BCUT2D eigenvalue weighted by molar-refractivity contribution is -0.458. The topological polar surface area (TPSA) is 57.6 Å². The van der Waals surface area contributed by atoms with Gasteiger partial charge in [0.05, 0.1) is 0 Å². The first kappa shape index (κ1) is 36.4. The molecule has 230 valence electrons. The number of nitrogens with zero attached hydrogens (tertiary/aromatic N) is 1. The van der Waals surface area contributed by atoms with Gasteiger partial charge in [0, 0.05) is 6.54 Å². The molecule has 0 aromatic heterocycles. The number of sulfonamides is 1. The summed E-state index contributed by atoms with van der Waals surface area (Å²) >= 11 is 0. The molecule has 0 rings (SSSR count). The number of alkyl halides is 21. The fraction of sp³-hybridized carbons (Fsp3) is 1.00. The number of halogens is 21. The summed E-state index contributed by atoms with van der Waals surface area (Å²) in [6, 6.07) is -7.05. The van der Waals surface area contributed by atoms with Crippen molar-refractivity contribution in [1.82, 2.24) is 4.31 Å². The van der Waals surface area contributed by atoms with E-state index in [1.165, 1.54) is 0 Å². The monoisotopic (exact) mass is 643 g/mol. The lowest BCUT2D eigenvalue weighted by Gasteiger charge is -2.43. The van der Waals surface area contributed by atoms with Crippen LogP contribution in [0.3, 0.4) is 0 Å². The molecule has 0 aliphatic heterocycles. The standard InChI is InChI=1S/C12H6F21NO3S/c1-2-34(10(28,29)11(30,31)35)38(36,37)12(32,33)8(23,24)6(19,20)4(15,16)3(13,14)5(17,18)7(21,22)9(25,26)27/h35H,2H2,1H3. The van der Waals surface area contributed by atoms with Crippen molar-refractivity contribution in [3.63, 3.8) is 0 Å². The van der Waals surface area contributed by atoms with E-state index in [2.05, 4.69) is 0 Å². The van der Waals surface area contributed by atoms with Crippen LogP contribution in [-0.4, -0.2) is 83.5 Å². The van der Waals surface area contributed by atoms with Crippen LogP contribution >= 0.6 is 0 Å². The minimum Gasteiger partial charge on any atom is -0.330 e. The number of likely N-dealkylation sites (N-methyl/N-ethyl adjacent to an activating group) is 1. The molecule has 0 aliphatic rings. The van der Waals surface area contributed by atoms with Crippen molar-refractivity contribution in [2.24, 2.45) is 0 Å². The second-order valence-electron chi connectivity index (χ2n) is 6.71. The molecular formula is C12H6F21NO3S. The molecule has 0 spiro atoms. The lowest BCUT2D eigenvalue weighted by Crippen LogP contribution is -2.75. The first-order valence-electron chi connectivity index (χ1n) is 8.16. The van der Waals surface area contributed by atoms with E-state index in [1.807, 2.05) is 0 Å². The highest BCUT2D eigenvalue weighted by Crippen LogP contribution is 2.64. The Bertz CT molecular complexity index is 978. The molecule has 0 heterocycles. The van der Waals surface area contributed by atoms with Crippen molar-refractivity contribution in [3.05, 3.63) is 0 Å².